The maximum absolute atomic E-state index is 12.3. The van der Waals surface area contributed by atoms with Gasteiger partial charge in [-0.05, 0) is 38.5 Å². The number of hydrogen-bond donors (Lipinski definition) is 1. The minimum atomic E-state index is -0.770. The summed E-state index contributed by atoms with van der Waals surface area (Å²) in [5.74, 6) is -0.573. The number of allylic oxidation sites excluding steroid dienone is 2. The molecule has 0 aliphatic rings. The molecule has 0 radical (unpaired) electrons. The number of ether oxygens (including phenoxy) is 2. The van der Waals surface area contributed by atoms with Gasteiger partial charge in [0.05, 0.1) is 6.61 Å². The van der Waals surface area contributed by atoms with Crippen LogP contribution in [0.2, 0.25) is 0 Å². The molecule has 0 aromatic rings. The van der Waals surface area contributed by atoms with Crippen LogP contribution in [0.4, 0.5) is 0 Å². The van der Waals surface area contributed by atoms with Gasteiger partial charge in [0.15, 0.2) is 6.10 Å². The topological polar surface area (TPSA) is 72.8 Å². The van der Waals surface area contributed by atoms with E-state index in [9.17, 15) is 14.7 Å². The zero-order valence-electron chi connectivity index (χ0n) is 49.2. The van der Waals surface area contributed by atoms with Crippen LogP contribution in [0.5, 0.6) is 0 Å². The summed E-state index contributed by atoms with van der Waals surface area (Å²) in [6, 6.07) is 0. The van der Waals surface area contributed by atoms with Crippen LogP contribution in [0, 0.1) is 0 Å². The molecule has 0 aromatic heterocycles. The molecule has 0 aliphatic carbocycles. The van der Waals surface area contributed by atoms with Crippen LogP contribution >= 0.6 is 0 Å². The second-order valence-electron chi connectivity index (χ2n) is 22.9. The first-order valence-electron chi connectivity index (χ1n) is 33.2. The second-order valence-corrected chi connectivity index (χ2v) is 22.9. The average Bonchev–Trinajstić information content (AvgIpc) is 3.38. The van der Waals surface area contributed by atoms with Gasteiger partial charge in [-0.25, -0.2) is 0 Å². The molecule has 0 amide bonds. The number of carbonyl (C=O) groups excluding carboxylic acids is 2. The van der Waals surface area contributed by atoms with Crippen molar-refractivity contribution in [2.45, 2.75) is 392 Å². The highest BCUT2D eigenvalue weighted by Gasteiger charge is 2.16. The van der Waals surface area contributed by atoms with Crippen LogP contribution in [0.25, 0.3) is 0 Å². The lowest BCUT2D eigenvalue weighted by molar-refractivity contribution is -0.161. The van der Waals surface area contributed by atoms with Crippen molar-refractivity contribution in [3.05, 3.63) is 12.2 Å². The van der Waals surface area contributed by atoms with Gasteiger partial charge in [0.25, 0.3) is 0 Å². The summed E-state index contributed by atoms with van der Waals surface area (Å²) in [7, 11) is 0. The Hall–Kier alpha value is -1.36. The fourth-order valence-electron chi connectivity index (χ4n) is 10.6. The highest BCUT2D eigenvalue weighted by molar-refractivity contribution is 5.70. The Kier molecular flexibility index (Phi) is 62.7. The minimum absolute atomic E-state index is 0.0604. The van der Waals surface area contributed by atoms with Crippen LogP contribution in [0.15, 0.2) is 12.2 Å². The largest absolute Gasteiger partial charge is 0.462 e. The fraction of sp³-hybridized carbons (Fsp3) is 0.940. The van der Waals surface area contributed by atoms with E-state index in [1.807, 2.05) is 0 Å². The van der Waals surface area contributed by atoms with Crippen LogP contribution < -0.4 is 0 Å². The molecule has 1 unspecified atom stereocenters. The number of aliphatic hydroxyl groups is 1. The molecule has 428 valence electrons. The summed E-state index contributed by atoms with van der Waals surface area (Å²) < 4.78 is 10.7. The van der Waals surface area contributed by atoms with Crippen molar-refractivity contribution >= 4 is 11.9 Å². The first kappa shape index (κ1) is 70.6. The van der Waals surface area contributed by atoms with Crippen LogP contribution in [0.1, 0.15) is 386 Å². The predicted molar refractivity (Wildman–Crippen MR) is 316 cm³/mol. The van der Waals surface area contributed by atoms with Crippen molar-refractivity contribution in [3.8, 4) is 0 Å². The lowest BCUT2D eigenvalue weighted by Crippen LogP contribution is -2.28. The Bertz CT molecular complexity index is 1060. The van der Waals surface area contributed by atoms with Gasteiger partial charge in [-0.3, -0.25) is 9.59 Å². The third-order valence-electron chi connectivity index (χ3n) is 15.6. The minimum Gasteiger partial charge on any atom is -0.462 e. The Morgan fingerprint density at radius 1 is 0.306 bits per heavy atom. The normalized spacial score (nSPS) is 12.1. The molecule has 5 nitrogen and oxygen atoms in total. The van der Waals surface area contributed by atoms with Crippen LogP contribution in [-0.4, -0.2) is 36.4 Å². The van der Waals surface area contributed by atoms with E-state index in [1.54, 1.807) is 0 Å². The Morgan fingerprint density at radius 3 is 0.750 bits per heavy atom. The molecule has 1 N–H and O–H groups in total. The lowest BCUT2D eigenvalue weighted by atomic mass is 10.0. The average molecular weight is 1020 g/mol. The smallest absolute Gasteiger partial charge is 0.306 e. The number of unbranched alkanes of at least 4 members (excludes halogenated alkanes) is 53. The predicted octanol–water partition coefficient (Wildman–Crippen LogP) is 22.7. The maximum Gasteiger partial charge on any atom is 0.306 e. The van der Waals surface area contributed by atoms with Gasteiger partial charge in [0.1, 0.15) is 6.61 Å². The summed E-state index contributed by atoms with van der Waals surface area (Å²) in [6.45, 7) is 4.20. The first-order chi connectivity index (χ1) is 35.6. The van der Waals surface area contributed by atoms with Crippen molar-refractivity contribution in [3.63, 3.8) is 0 Å². The van der Waals surface area contributed by atoms with Gasteiger partial charge in [0, 0.05) is 12.8 Å². The summed E-state index contributed by atoms with van der Waals surface area (Å²) in [5.41, 5.74) is 0. The van der Waals surface area contributed by atoms with Gasteiger partial charge >= 0.3 is 11.9 Å². The second kappa shape index (κ2) is 63.9. The Balaban J connectivity index is 3.33. The van der Waals surface area contributed by atoms with E-state index in [0.29, 0.717) is 12.8 Å². The van der Waals surface area contributed by atoms with E-state index >= 15 is 0 Å². The molecule has 0 saturated carbocycles. The Morgan fingerprint density at radius 2 is 0.514 bits per heavy atom. The molecule has 0 fully saturated rings. The van der Waals surface area contributed by atoms with Gasteiger partial charge in [-0.2, -0.15) is 0 Å². The summed E-state index contributed by atoms with van der Waals surface area (Å²) in [4.78, 5) is 24.5. The number of carbonyl (C=O) groups is 2. The molecule has 0 rings (SSSR count). The van der Waals surface area contributed by atoms with Gasteiger partial charge in [0.2, 0.25) is 0 Å². The van der Waals surface area contributed by atoms with Gasteiger partial charge < -0.3 is 14.6 Å². The van der Waals surface area contributed by atoms with Crippen molar-refractivity contribution in [1.82, 2.24) is 0 Å². The molecule has 0 heterocycles. The maximum atomic E-state index is 12.3. The van der Waals surface area contributed by atoms with Crippen LogP contribution in [0.3, 0.4) is 0 Å². The lowest BCUT2D eigenvalue weighted by Gasteiger charge is -2.15. The van der Waals surface area contributed by atoms with Crippen molar-refractivity contribution in [2.24, 2.45) is 0 Å². The molecular weight excluding hydrogens is 885 g/mol. The molecule has 0 bridgehead atoms. The van der Waals surface area contributed by atoms with E-state index in [2.05, 4.69) is 26.0 Å². The monoisotopic (exact) mass is 1010 g/mol. The quantitative estimate of drug-likeness (QED) is 0.0373. The molecule has 0 aromatic carbocycles. The number of esters is 2. The third kappa shape index (κ3) is 61.2. The molecule has 5 heteroatoms. The Labute approximate surface area is 451 Å². The SMILES string of the molecule is CCCCCCCCC/C=C\CCCCCCCCCC(=O)OC(CO)COC(=O)CCCCCCCCCCCCCCCCCCCCCCCCCCCCCCCCCCCCCCCCCC. The molecular formula is C67H130O5. The molecule has 0 saturated heterocycles. The zero-order chi connectivity index (χ0) is 52.0. The van der Waals surface area contributed by atoms with E-state index in [0.717, 1.165) is 32.1 Å². The highest BCUT2D eigenvalue weighted by Crippen LogP contribution is 2.19. The third-order valence-corrected chi connectivity index (χ3v) is 15.6. The summed E-state index contributed by atoms with van der Waals surface area (Å²) in [5, 5.41) is 9.66. The first-order valence-corrected chi connectivity index (χ1v) is 33.2. The molecule has 72 heavy (non-hydrogen) atoms. The van der Waals surface area contributed by atoms with Crippen molar-refractivity contribution < 1.29 is 24.2 Å². The fourth-order valence-corrected chi connectivity index (χ4v) is 10.6. The van der Waals surface area contributed by atoms with E-state index in [1.165, 1.54) is 327 Å². The summed E-state index contributed by atoms with van der Waals surface area (Å²) in [6.07, 6.45) is 81.1. The zero-order valence-corrected chi connectivity index (χ0v) is 49.2. The molecule has 0 aliphatic heterocycles. The number of rotatable bonds is 63. The van der Waals surface area contributed by atoms with Gasteiger partial charge in [-0.1, -0.05) is 347 Å². The van der Waals surface area contributed by atoms with Crippen LogP contribution in [-0.2, 0) is 19.1 Å². The van der Waals surface area contributed by atoms with E-state index in [-0.39, 0.29) is 25.2 Å². The van der Waals surface area contributed by atoms with E-state index in [4.69, 9.17) is 9.47 Å². The van der Waals surface area contributed by atoms with E-state index < -0.39 is 6.10 Å². The van der Waals surface area contributed by atoms with Gasteiger partial charge in [-0.15, -0.1) is 0 Å². The number of aliphatic hydroxyl groups excluding tert-OH is 1. The highest BCUT2D eigenvalue weighted by atomic mass is 16.6. The van der Waals surface area contributed by atoms with Crippen molar-refractivity contribution in [2.75, 3.05) is 13.2 Å². The summed E-state index contributed by atoms with van der Waals surface area (Å²) >= 11 is 0. The molecule has 1 atom stereocenters. The number of hydrogen-bond acceptors (Lipinski definition) is 5. The van der Waals surface area contributed by atoms with Crippen molar-refractivity contribution in [1.29, 1.82) is 0 Å². The molecule has 0 spiro atoms. The standard InChI is InChI=1S/C67H130O5/c1-3-5-7-9-11-13-15-17-19-21-23-24-25-26-27-28-29-30-31-32-33-34-35-36-37-38-39-40-41-42-43-44-46-47-49-51-53-55-57-59-61-66(69)71-64-65(63-68)72-67(70)62-60-58-56-54-52-50-48-45-22-20-18-16-14-12-10-8-6-4-2/h20,22,65,68H,3-19,21,23-64H2,1-2H3/b22-20-.